The van der Waals surface area contributed by atoms with Crippen LogP contribution in [-0.4, -0.2) is 31.7 Å². The first-order valence-electron chi connectivity index (χ1n) is 9.29. The van der Waals surface area contributed by atoms with E-state index >= 15 is 0 Å². The van der Waals surface area contributed by atoms with Crippen molar-refractivity contribution in [3.8, 4) is 0 Å². The molecule has 0 saturated heterocycles. The number of pyridine rings is 2. The van der Waals surface area contributed by atoms with Crippen LogP contribution in [-0.2, 0) is 13.1 Å². The molecule has 0 bridgehead atoms. The van der Waals surface area contributed by atoms with Crippen LogP contribution >= 0.6 is 0 Å². The Morgan fingerprint density at radius 3 is 2.70 bits per heavy atom. The average Bonchev–Trinajstić information content (AvgIpc) is 3.10. The number of rotatable bonds is 7. The number of amides is 1. The van der Waals surface area contributed by atoms with E-state index in [-0.39, 0.29) is 11.9 Å². The van der Waals surface area contributed by atoms with Crippen LogP contribution in [0.25, 0.3) is 11.0 Å². The molecule has 142 valence electrons. The van der Waals surface area contributed by atoms with Gasteiger partial charge in [0, 0.05) is 37.7 Å². The Hall–Kier alpha value is -2.96. The van der Waals surface area contributed by atoms with Crippen LogP contribution in [0, 0.1) is 5.92 Å². The van der Waals surface area contributed by atoms with Gasteiger partial charge in [-0.1, -0.05) is 19.9 Å². The van der Waals surface area contributed by atoms with Crippen molar-refractivity contribution in [2.24, 2.45) is 5.92 Å². The van der Waals surface area contributed by atoms with Crippen LogP contribution in [0.3, 0.4) is 0 Å². The minimum Gasteiger partial charge on any atom is -0.381 e. The minimum atomic E-state index is -0.170. The molecule has 0 saturated carbocycles. The molecule has 3 rings (SSSR count). The van der Waals surface area contributed by atoms with E-state index in [2.05, 4.69) is 46.5 Å². The van der Waals surface area contributed by atoms with E-state index in [1.54, 1.807) is 24.8 Å². The van der Waals surface area contributed by atoms with Gasteiger partial charge in [-0.15, -0.1) is 0 Å². The number of carbonyl (C=O) groups excluding carboxylic acids is 1. The van der Waals surface area contributed by atoms with E-state index in [4.69, 9.17) is 0 Å². The fourth-order valence-electron chi connectivity index (χ4n) is 2.76. The van der Waals surface area contributed by atoms with Crippen molar-refractivity contribution in [2.45, 2.75) is 46.8 Å². The van der Waals surface area contributed by atoms with Gasteiger partial charge in [-0.05, 0) is 31.4 Å². The van der Waals surface area contributed by atoms with E-state index in [1.807, 2.05) is 23.7 Å². The fourth-order valence-corrected chi connectivity index (χ4v) is 2.76. The summed E-state index contributed by atoms with van der Waals surface area (Å²) in [5.74, 6) is 0.247. The maximum Gasteiger partial charge on any atom is 0.255 e. The topological polar surface area (TPSA) is 84.7 Å². The highest BCUT2D eigenvalue weighted by Gasteiger charge is 2.20. The van der Waals surface area contributed by atoms with Gasteiger partial charge in [0.05, 0.1) is 22.8 Å². The molecular formula is C20H26N6O. The standard InChI is InChI=1S/C20H26N6O/c1-5-26-19-16(12-24-26)18(25-14(4)13(2)3)17(11-22-19)20(27)23-10-15-7-6-8-21-9-15/h6-9,11-14H,5,10H2,1-4H3,(H,22,25)(H,23,27)/t14-/m0/s1. The van der Waals surface area contributed by atoms with E-state index in [1.165, 1.54) is 0 Å². The highest BCUT2D eigenvalue weighted by molar-refractivity contribution is 6.06. The minimum absolute atomic E-state index is 0.170. The lowest BCUT2D eigenvalue weighted by molar-refractivity contribution is 0.0951. The highest BCUT2D eigenvalue weighted by Crippen LogP contribution is 2.27. The molecule has 0 aliphatic heterocycles. The van der Waals surface area contributed by atoms with Gasteiger partial charge in [-0.25, -0.2) is 9.67 Å². The highest BCUT2D eigenvalue weighted by atomic mass is 16.1. The predicted molar refractivity (Wildman–Crippen MR) is 107 cm³/mol. The lowest BCUT2D eigenvalue weighted by Gasteiger charge is -2.21. The van der Waals surface area contributed by atoms with Crippen LogP contribution in [0.5, 0.6) is 0 Å². The summed E-state index contributed by atoms with van der Waals surface area (Å²) in [7, 11) is 0. The molecule has 1 atom stereocenters. The second kappa shape index (κ2) is 8.16. The summed E-state index contributed by atoms with van der Waals surface area (Å²) in [5, 5.41) is 11.7. The van der Waals surface area contributed by atoms with Crippen LogP contribution in [0.2, 0.25) is 0 Å². The monoisotopic (exact) mass is 366 g/mol. The second-order valence-corrected chi connectivity index (χ2v) is 6.97. The van der Waals surface area contributed by atoms with E-state index in [9.17, 15) is 4.79 Å². The second-order valence-electron chi connectivity index (χ2n) is 6.97. The van der Waals surface area contributed by atoms with Crippen molar-refractivity contribution in [3.05, 3.63) is 48.0 Å². The lowest BCUT2D eigenvalue weighted by atomic mass is 10.0. The van der Waals surface area contributed by atoms with Gasteiger partial charge in [-0.3, -0.25) is 9.78 Å². The summed E-state index contributed by atoms with van der Waals surface area (Å²) in [6.07, 6.45) is 6.86. The molecule has 0 unspecified atom stereocenters. The van der Waals surface area contributed by atoms with Crippen LogP contribution < -0.4 is 10.6 Å². The number of anilines is 1. The van der Waals surface area contributed by atoms with Crippen molar-refractivity contribution in [2.75, 3.05) is 5.32 Å². The number of aryl methyl sites for hydroxylation is 1. The zero-order valence-corrected chi connectivity index (χ0v) is 16.2. The van der Waals surface area contributed by atoms with Crippen LogP contribution in [0.1, 0.15) is 43.6 Å². The van der Waals surface area contributed by atoms with Gasteiger partial charge < -0.3 is 10.6 Å². The molecule has 3 heterocycles. The Kier molecular flexibility index (Phi) is 5.69. The van der Waals surface area contributed by atoms with Crippen LogP contribution in [0.15, 0.2) is 36.9 Å². The number of carbonyl (C=O) groups is 1. The molecule has 0 spiro atoms. The zero-order valence-electron chi connectivity index (χ0n) is 16.2. The SMILES string of the molecule is CCn1ncc2c(N[C@@H](C)C(C)C)c(C(=O)NCc3cccnc3)cnc21. The molecule has 0 fully saturated rings. The van der Waals surface area contributed by atoms with E-state index in [0.717, 1.165) is 28.8 Å². The number of hydrogen-bond donors (Lipinski definition) is 2. The van der Waals surface area contributed by atoms with Crippen LogP contribution in [0.4, 0.5) is 5.69 Å². The lowest BCUT2D eigenvalue weighted by Crippen LogP contribution is -2.27. The van der Waals surface area contributed by atoms with E-state index in [0.29, 0.717) is 18.0 Å². The van der Waals surface area contributed by atoms with Gasteiger partial charge in [0.1, 0.15) is 0 Å². The molecule has 0 aromatic carbocycles. The molecule has 1 amide bonds. The third-order valence-corrected chi connectivity index (χ3v) is 4.76. The molecule has 7 heteroatoms. The summed E-state index contributed by atoms with van der Waals surface area (Å²) >= 11 is 0. The maximum atomic E-state index is 12.9. The van der Waals surface area contributed by atoms with Crippen molar-refractivity contribution >= 4 is 22.6 Å². The number of nitrogens with one attached hydrogen (secondary N) is 2. The number of fused-ring (bicyclic) bond motifs is 1. The molecule has 0 radical (unpaired) electrons. The largest absolute Gasteiger partial charge is 0.381 e. The Morgan fingerprint density at radius 1 is 1.22 bits per heavy atom. The zero-order chi connectivity index (χ0) is 19.4. The number of nitrogens with zero attached hydrogens (tertiary/aromatic N) is 4. The quantitative estimate of drug-likeness (QED) is 0.671. The third-order valence-electron chi connectivity index (χ3n) is 4.76. The summed E-state index contributed by atoms with van der Waals surface area (Å²) in [5.41, 5.74) is 3.03. The van der Waals surface area contributed by atoms with Crippen molar-refractivity contribution in [1.29, 1.82) is 0 Å². The summed E-state index contributed by atoms with van der Waals surface area (Å²) in [4.78, 5) is 21.4. The molecule has 7 nitrogen and oxygen atoms in total. The molecule has 3 aromatic heterocycles. The number of aromatic nitrogens is 4. The van der Waals surface area contributed by atoms with Crippen molar-refractivity contribution < 1.29 is 4.79 Å². The van der Waals surface area contributed by atoms with E-state index < -0.39 is 0 Å². The van der Waals surface area contributed by atoms with Crippen molar-refractivity contribution in [3.63, 3.8) is 0 Å². The van der Waals surface area contributed by atoms with Gasteiger partial charge in [0.2, 0.25) is 0 Å². The summed E-state index contributed by atoms with van der Waals surface area (Å²) in [6.45, 7) is 9.56. The molecule has 3 aromatic rings. The summed E-state index contributed by atoms with van der Waals surface area (Å²) < 4.78 is 1.83. The smallest absolute Gasteiger partial charge is 0.255 e. The molecular weight excluding hydrogens is 340 g/mol. The van der Waals surface area contributed by atoms with Gasteiger partial charge in [0.25, 0.3) is 5.91 Å². The first-order chi connectivity index (χ1) is 13.0. The van der Waals surface area contributed by atoms with Crippen molar-refractivity contribution in [1.82, 2.24) is 25.1 Å². The first-order valence-corrected chi connectivity index (χ1v) is 9.29. The Bertz CT molecular complexity index is 919. The average molecular weight is 366 g/mol. The molecule has 2 N–H and O–H groups in total. The maximum absolute atomic E-state index is 12.9. The van der Waals surface area contributed by atoms with Gasteiger partial charge in [-0.2, -0.15) is 5.10 Å². The number of hydrogen-bond acceptors (Lipinski definition) is 5. The Morgan fingerprint density at radius 2 is 2.04 bits per heavy atom. The first kappa shape index (κ1) is 18.8. The Labute approximate surface area is 159 Å². The molecule has 27 heavy (non-hydrogen) atoms. The van der Waals surface area contributed by atoms with Gasteiger partial charge in [0.15, 0.2) is 5.65 Å². The molecule has 0 aliphatic carbocycles. The van der Waals surface area contributed by atoms with Gasteiger partial charge >= 0.3 is 0 Å². The predicted octanol–water partition coefficient (Wildman–Crippen LogP) is 3.23. The normalized spacial score (nSPS) is 12.3. The molecule has 0 aliphatic rings. The third kappa shape index (κ3) is 4.07. The fraction of sp³-hybridized carbons (Fsp3) is 0.400. The summed E-state index contributed by atoms with van der Waals surface area (Å²) in [6, 6.07) is 3.98. The Balaban J connectivity index is 1.94.